The summed E-state index contributed by atoms with van der Waals surface area (Å²) in [6.45, 7) is 6.13. The number of nitrogens with one attached hydrogen (secondary N) is 1. The number of anilines is 2. The second kappa shape index (κ2) is 8.62. The van der Waals surface area contributed by atoms with Gasteiger partial charge in [0.1, 0.15) is 11.5 Å². The summed E-state index contributed by atoms with van der Waals surface area (Å²) in [4.78, 5) is 35.4. The topological polar surface area (TPSA) is 84.4 Å². The molecule has 7 nitrogen and oxygen atoms in total. The van der Waals surface area contributed by atoms with Crippen LogP contribution in [0.3, 0.4) is 0 Å². The van der Waals surface area contributed by atoms with Gasteiger partial charge in [0.2, 0.25) is 0 Å². The molecular weight excluding hydrogens is 344 g/mol. The van der Waals surface area contributed by atoms with E-state index < -0.39 is 11.9 Å². The van der Waals surface area contributed by atoms with Crippen LogP contribution in [0.2, 0.25) is 0 Å². The molecule has 1 fully saturated rings. The molecule has 0 spiro atoms. The van der Waals surface area contributed by atoms with Gasteiger partial charge in [-0.25, -0.2) is 14.8 Å². The Balaban J connectivity index is 1.71. The van der Waals surface area contributed by atoms with Crippen molar-refractivity contribution in [2.75, 3.05) is 29.9 Å². The van der Waals surface area contributed by atoms with E-state index in [2.05, 4.69) is 27.1 Å². The Morgan fingerprint density at radius 2 is 2.07 bits per heavy atom. The number of aromatic nitrogens is 2. The first kappa shape index (κ1) is 18.8. The zero-order valence-electron chi connectivity index (χ0n) is 15.6. The lowest BCUT2D eigenvalue weighted by Crippen LogP contribution is -2.35. The molecule has 1 aromatic carbocycles. The summed E-state index contributed by atoms with van der Waals surface area (Å²) >= 11 is 0. The lowest BCUT2D eigenvalue weighted by atomic mass is 10.0. The number of carbonyl (C=O) groups is 2. The van der Waals surface area contributed by atoms with E-state index >= 15 is 0 Å². The van der Waals surface area contributed by atoms with Gasteiger partial charge >= 0.3 is 5.97 Å². The number of benzene rings is 1. The van der Waals surface area contributed by atoms with Crippen LogP contribution >= 0.6 is 0 Å². The molecule has 1 amide bonds. The maximum absolute atomic E-state index is 12.5. The van der Waals surface area contributed by atoms with Gasteiger partial charge in [0.05, 0.1) is 30.3 Å². The van der Waals surface area contributed by atoms with Crippen molar-refractivity contribution in [1.82, 2.24) is 9.97 Å². The van der Waals surface area contributed by atoms with Gasteiger partial charge in [-0.05, 0) is 37.8 Å². The van der Waals surface area contributed by atoms with E-state index in [1.54, 1.807) is 37.4 Å². The number of piperidine rings is 1. The average Bonchev–Trinajstić information content (AvgIpc) is 2.68. The molecule has 27 heavy (non-hydrogen) atoms. The molecular formula is C20H24N4O3. The number of carbonyl (C=O) groups excluding carboxylic acids is 2. The number of amides is 1. The smallest absolute Gasteiger partial charge is 0.340 e. The summed E-state index contributed by atoms with van der Waals surface area (Å²) in [6, 6.07) is 6.72. The lowest BCUT2D eigenvalue weighted by molar-refractivity contribution is 0.0527. The average molecular weight is 368 g/mol. The van der Waals surface area contributed by atoms with Crippen LogP contribution in [-0.2, 0) is 4.74 Å². The van der Waals surface area contributed by atoms with Crippen LogP contribution in [0.25, 0.3) is 0 Å². The summed E-state index contributed by atoms with van der Waals surface area (Å²) in [5, 5.41) is 2.72. The Kier molecular flexibility index (Phi) is 6.01. The molecule has 3 rings (SSSR count). The molecule has 0 aliphatic carbocycles. The minimum Gasteiger partial charge on any atom is -0.462 e. The zero-order valence-corrected chi connectivity index (χ0v) is 15.6. The number of rotatable bonds is 5. The highest BCUT2D eigenvalue weighted by atomic mass is 16.5. The van der Waals surface area contributed by atoms with Crippen molar-refractivity contribution < 1.29 is 14.3 Å². The molecule has 7 heteroatoms. The van der Waals surface area contributed by atoms with Crippen molar-refractivity contribution in [2.24, 2.45) is 5.92 Å². The molecule has 1 aromatic heterocycles. The van der Waals surface area contributed by atoms with Crippen LogP contribution < -0.4 is 10.2 Å². The van der Waals surface area contributed by atoms with E-state index in [1.807, 2.05) is 0 Å². The lowest BCUT2D eigenvalue weighted by Gasteiger charge is -2.31. The molecule has 142 valence electrons. The molecule has 2 aromatic rings. The Hall–Kier alpha value is -2.96. The minimum absolute atomic E-state index is 0.197. The van der Waals surface area contributed by atoms with Crippen molar-refractivity contribution in [1.29, 1.82) is 0 Å². The number of nitrogens with zero attached hydrogens (tertiary/aromatic N) is 3. The predicted octanol–water partition coefficient (Wildman–Crippen LogP) is 3.14. The number of hydrogen-bond donors (Lipinski definition) is 1. The zero-order chi connectivity index (χ0) is 19.2. The van der Waals surface area contributed by atoms with Gasteiger partial charge in [0, 0.05) is 13.1 Å². The third kappa shape index (κ3) is 4.61. The number of para-hydroxylation sites is 1. The first-order chi connectivity index (χ1) is 13.1. The standard InChI is InChI=1S/C20H24N4O3/c1-3-27-20(26)15-8-4-5-9-16(15)23-19(25)17-11-22-18(12-21-17)24-10-6-7-14(2)13-24/h4-5,8-9,11-12,14H,3,6-7,10,13H2,1-2H3,(H,23,25). The number of hydrogen-bond acceptors (Lipinski definition) is 6. The molecule has 2 heterocycles. The highest BCUT2D eigenvalue weighted by Crippen LogP contribution is 2.21. The van der Waals surface area contributed by atoms with Gasteiger partial charge in [0.25, 0.3) is 5.91 Å². The number of ether oxygens (including phenoxy) is 1. The number of esters is 1. The molecule has 0 bridgehead atoms. The summed E-state index contributed by atoms with van der Waals surface area (Å²) < 4.78 is 5.02. The highest BCUT2D eigenvalue weighted by molar-refractivity contribution is 6.06. The molecule has 1 aliphatic rings. The highest BCUT2D eigenvalue weighted by Gasteiger charge is 2.19. The minimum atomic E-state index is -0.478. The Bertz CT molecular complexity index is 807. The maximum Gasteiger partial charge on any atom is 0.340 e. The normalized spacial score (nSPS) is 16.7. The summed E-state index contributed by atoms with van der Waals surface area (Å²) in [7, 11) is 0. The van der Waals surface area contributed by atoms with Crippen molar-refractivity contribution >= 4 is 23.4 Å². The van der Waals surface area contributed by atoms with Gasteiger partial charge < -0.3 is 15.0 Å². The van der Waals surface area contributed by atoms with E-state index in [1.165, 1.54) is 12.6 Å². The monoisotopic (exact) mass is 368 g/mol. The molecule has 0 saturated carbocycles. The Labute approximate surface area is 158 Å². The molecule has 1 unspecified atom stereocenters. The SMILES string of the molecule is CCOC(=O)c1ccccc1NC(=O)c1cnc(N2CCCC(C)C2)cn1. The molecule has 1 atom stereocenters. The van der Waals surface area contributed by atoms with E-state index in [0.29, 0.717) is 17.2 Å². The molecule has 1 N–H and O–H groups in total. The predicted molar refractivity (Wildman–Crippen MR) is 103 cm³/mol. The Morgan fingerprint density at radius 3 is 2.78 bits per heavy atom. The molecule has 0 radical (unpaired) electrons. The van der Waals surface area contributed by atoms with Crippen LogP contribution in [0.1, 0.15) is 47.5 Å². The van der Waals surface area contributed by atoms with Crippen LogP contribution in [0.15, 0.2) is 36.7 Å². The van der Waals surface area contributed by atoms with Crippen LogP contribution in [0.4, 0.5) is 11.5 Å². The fourth-order valence-electron chi connectivity index (χ4n) is 3.16. The Morgan fingerprint density at radius 1 is 1.26 bits per heavy atom. The molecule has 1 aliphatic heterocycles. The third-order valence-corrected chi connectivity index (χ3v) is 4.52. The van der Waals surface area contributed by atoms with E-state index in [4.69, 9.17) is 4.74 Å². The van der Waals surface area contributed by atoms with Crippen molar-refractivity contribution in [3.05, 3.63) is 47.9 Å². The van der Waals surface area contributed by atoms with Gasteiger partial charge in [-0.2, -0.15) is 0 Å². The summed E-state index contributed by atoms with van der Waals surface area (Å²) in [6.07, 6.45) is 5.46. The van der Waals surface area contributed by atoms with E-state index in [9.17, 15) is 9.59 Å². The van der Waals surface area contributed by atoms with Gasteiger partial charge in [-0.3, -0.25) is 4.79 Å². The fourth-order valence-corrected chi connectivity index (χ4v) is 3.16. The maximum atomic E-state index is 12.5. The van der Waals surface area contributed by atoms with Gasteiger partial charge in [-0.1, -0.05) is 19.1 Å². The van der Waals surface area contributed by atoms with Crippen molar-refractivity contribution in [3.8, 4) is 0 Å². The summed E-state index contributed by atoms with van der Waals surface area (Å²) in [5.74, 6) is 0.514. The summed E-state index contributed by atoms with van der Waals surface area (Å²) in [5.41, 5.74) is 0.888. The van der Waals surface area contributed by atoms with Crippen molar-refractivity contribution in [2.45, 2.75) is 26.7 Å². The van der Waals surface area contributed by atoms with Crippen molar-refractivity contribution in [3.63, 3.8) is 0 Å². The fraction of sp³-hybridized carbons (Fsp3) is 0.400. The van der Waals surface area contributed by atoms with E-state index in [-0.39, 0.29) is 12.3 Å². The van der Waals surface area contributed by atoms with Gasteiger partial charge in [-0.15, -0.1) is 0 Å². The van der Waals surface area contributed by atoms with Crippen LogP contribution in [0, 0.1) is 5.92 Å². The van der Waals surface area contributed by atoms with E-state index in [0.717, 1.165) is 25.3 Å². The third-order valence-electron chi connectivity index (χ3n) is 4.52. The first-order valence-electron chi connectivity index (χ1n) is 9.23. The van der Waals surface area contributed by atoms with Crippen LogP contribution in [0.5, 0.6) is 0 Å². The largest absolute Gasteiger partial charge is 0.462 e. The quantitative estimate of drug-likeness (QED) is 0.816. The second-order valence-electron chi connectivity index (χ2n) is 6.67. The molecule has 1 saturated heterocycles. The van der Waals surface area contributed by atoms with Crippen LogP contribution in [-0.4, -0.2) is 41.5 Å². The van der Waals surface area contributed by atoms with Gasteiger partial charge in [0.15, 0.2) is 0 Å². The second-order valence-corrected chi connectivity index (χ2v) is 6.67. The first-order valence-corrected chi connectivity index (χ1v) is 9.23.